The summed E-state index contributed by atoms with van der Waals surface area (Å²) < 4.78 is 6.37. The highest BCUT2D eigenvalue weighted by atomic mass is 16.5. The zero-order valence-electron chi connectivity index (χ0n) is 12.6. The van der Waals surface area contributed by atoms with Gasteiger partial charge >= 0.3 is 0 Å². The van der Waals surface area contributed by atoms with E-state index in [1.807, 2.05) is 12.1 Å². The number of carbonyl (C=O) groups is 1. The van der Waals surface area contributed by atoms with Gasteiger partial charge in [-0.25, -0.2) is 0 Å². The third-order valence-electron chi connectivity index (χ3n) is 5.08. The summed E-state index contributed by atoms with van der Waals surface area (Å²) in [5, 5.41) is 3.54. The second-order valence-corrected chi connectivity index (χ2v) is 6.15. The van der Waals surface area contributed by atoms with E-state index in [1.54, 1.807) is 6.07 Å². The monoisotopic (exact) mass is 288 g/mol. The molecule has 1 aliphatic heterocycles. The standard InChI is InChI=1S/C17H24N2O2/c1-2-21-17(13-6-3-5-12(9-13)16(18)20)14-7-4-8-15(17)11-19-10-14/h3,5-6,9,14-15,19H,2,4,7-8,10-11H2,1H3,(H2,18,20)/t14-,15+,17+. The van der Waals surface area contributed by atoms with E-state index in [1.165, 1.54) is 19.3 Å². The van der Waals surface area contributed by atoms with Gasteiger partial charge in [-0.15, -0.1) is 0 Å². The Morgan fingerprint density at radius 1 is 1.38 bits per heavy atom. The zero-order chi connectivity index (χ0) is 14.9. The smallest absolute Gasteiger partial charge is 0.248 e. The number of nitrogens with two attached hydrogens (primary N) is 1. The molecule has 0 unspecified atom stereocenters. The van der Waals surface area contributed by atoms with Gasteiger partial charge in [-0.05, 0) is 37.5 Å². The number of hydrogen-bond acceptors (Lipinski definition) is 3. The molecule has 114 valence electrons. The fourth-order valence-electron chi connectivity index (χ4n) is 4.26. The molecule has 3 rings (SSSR count). The van der Waals surface area contributed by atoms with Crippen LogP contribution in [0.15, 0.2) is 24.3 Å². The Morgan fingerprint density at radius 3 is 2.71 bits per heavy atom. The predicted octanol–water partition coefficient (Wildman–Crippen LogP) is 2.04. The molecule has 2 aliphatic rings. The second-order valence-electron chi connectivity index (χ2n) is 6.15. The molecule has 0 aromatic heterocycles. The van der Waals surface area contributed by atoms with Crippen molar-refractivity contribution in [1.29, 1.82) is 0 Å². The highest BCUT2D eigenvalue weighted by Gasteiger charge is 2.51. The van der Waals surface area contributed by atoms with Crippen LogP contribution in [0, 0.1) is 11.8 Å². The van der Waals surface area contributed by atoms with Gasteiger partial charge in [0.15, 0.2) is 0 Å². The number of primary amides is 1. The first-order chi connectivity index (χ1) is 10.2. The van der Waals surface area contributed by atoms with Gasteiger partial charge in [0.25, 0.3) is 0 Å². The average Bonchev–Trinajstić information content (AvgIpc) is 2.47. The second kappa shape index (κ2) is 5.78. The number of hydrogen-bond donors (Lipinski definition) is 2. The average molecular weight is 288 g/mol. The first-order valence-electron chi connectivity index (χ1n) is 7.93. The molecular weight excluding hydrogens is 264 g/mol. The summed E-state index contributed by atoms with van der Waals surface area (Å²) in [6.45, 7) is 4.71. The van der Waals surface area contributed by atoms with E-state index in [0.29, 0.717) is 24.0 Å². The predicted molar refractivity (Wildman–Crippen MR) is 82.0 cm³/mol. The maximum absolute atomic E-state index is 11.5. The van der Waals surface area contributed by atoms with Gasteiger partial charge in [0.1, 0.15) is 5.60 Å². The van der Waals surface area contributed by atoms with Gasteiger partial charge in [0, 0.05) is 37.1 Å². The molecule has 1 saturated carbocycles. The van der Waals surface area contributed by atoms with Crippen molar-refractivity contribution >= 4 is 5.91 Å². The largest absolute Gasteiger partial charge is 0.370 e. The van der Waals surface area contributed by atoms with Crippen LogP contribution in [-0.2, 0) is 10.3 Å². The fourth-order valence-corrected chi connectivity index (χ4v) is 4.26. The van der Waals surface area contributed by atoms with E-state index in [4.69, 9.17) is 10.5 Å². The Bertz CT molecular complexity index is 507. The Labute approximate surface area is 126 Å². The molecule has 1 saturated heterocycles. The normalized spacial score (nSPS) is 31.9. The highest BCUT2D eigenvalue weighted by molar-refractivity contribution is 5.92. The van der Waals surface area contributed by atoms with Crippen LogP contribution in [0.2, 0.25) is 0 Å². The van der Waals surface area contributed by atoms with Crippen molar-refractivity contribution in [3.8, 4) is 0 Å². The van der Waals surface area contributed by atoms with Crippen molar-refractivity contribution in [1.82, 2.24) is 5.32 Å². The molecule has 4 nitrogen and oxygen atoms in total. The van der Waals surface area contributed by atoms with Crippen LogP contribution in [0.5, 0.6) is 0 Å². The topological polar surface area (TPSA) is 64.3 Å². The molecule has 0 radical (unpaired) electrons. The van der Waals surface area contributed by atoms with Crippen LogP contribution in [0.4, 0.5) is 0 Å². The molecular formula is C17H24N2O2. The zero-order valence-corrected chi connectivity index (χ0v) is 12.6. The summed E-state index contributed by atoms with van der Waals surface area (Å²) in [5.74, 6) is 0.559. The van der Waals surface area contributed by atoms with Crippen LogP contribution in [0.3, 0.4) is 0 Å². The Morgan fingerprint density at radius 2 is 2.10 bits per heavy atom. The van der Waals surface area contributed by atoms with Crippen LogP contribution >= 0.6 is 0 Å². The minimum Gasteiger partial charge on any atom is -0.370 e. The van der Waals surface area contributed by atoms with Crippen molar-refractivity contribution in [2.45, 2.75) is 31.8 Å². The van der Waals surface area contributed by atoms with Crippen molar-refractivity contribution in [3.63, 3.8) is 0 Å². The molecule has 3 atom stereocenters. The molecule has 0 spiro atoms. The SMILES string of the molecule is CCO[C@@]1(c2cccc(C(N)=O)c2)[C@@H]2CCC[C@H]1CNC2. The Balaban J connectivity index is 2.08. The summed E-state index contributed by atoms with van der Waals surface area (Å²) in [6, 6.07) is 7.74. The number of rotatable bonds is 4. The van der Waals surface area contributed by atoms with Gasteiger partial charge in [-0.2, -0.15) is 0 Å². The van der Waals surface area contributed by atoms with Crippen LogP contribution < -0.4 is 11.1 Å². The molecule has 2 bridgehead atoms. The summed E-state index contributed by atoms with van der Waals surface area (Å²) in [7, 11) is 0. The lowest BCUT2D eigenvalue weighted by molar-refractivity contribution is -0.161. The summed E-state index contributed by atoms with van der Waals surface area (Å²) >= 11 is 0. The molecule has 1 aromatic rings. The van der Waals surface area contributed by atoms with Gasteiger partial charge < -0.3 is 15.8 Å². The number of amides is 1. The molecule has 1 aromatic carbocycles. The van der Waals surface area contributed by atoms with Crippen LogP contribution in [-0.4, -0.2) is 25.6 Å². The molecule has 3 N–H and O–H groups in total. The van der Waals surface area contributed by atoms with Gasteiger partial charge in [-0.3, -0.25) is 4.79 Å². The molecule has 1 aliphatic carbocycles. The van der Waals surface area contributed by atoms with E-state index < -0.39 is 0 Å². The minimum absolute atomic E-state index is 0.260. The van der Waals surface area contributed by atoms with E-state index in [0.717, 1.165) is 18.7 Å². The number of ether oxygens (including phenoxy) is 1. The van der Waals surface area contributed by atoms with Crippen molar-refractivity contribution in [2.75, 3.05) is 19.7 Å². The van der Waals surface area contributed by atoms with Crippen LogP contribution in [0.1, 0.15) is 42.1 Å². The first kappa shape index (κ1) is 14.5. The molecule has 4 heteroatoms. The Hall–Kier alpha value is -1.39. The van der Waals surface area contributed by atoms with Crippen molar-refractivity contribution in [2.24, 2.45) is 17.6 Å². The summed E-state index contributed by atoms with van der Waals surface area (Å²) in [6.07, 6.45) is 3.61. The van der Waals surface area contributed by atoms with Crippen LogP contribution in [0.25, 0.3) is 0 Å². The minimum atomic E-state index is -0.373. The number of piperidine rings is 1. The van der Waals surface area contributed by atoms with Gasteiger partial charge in [0.05, 0.1) is 0 Å². The first-order valence-corrected chi connectivity index (χ1v) is 7.93. The third-order valence-corrected chi connectivity index (χ3v) is 5.08. The lowest BCUT2D eigenvalue weighted by atomic mass is 9.62. The maximum Gasteiger partial charge on any atom is 0.248 e. The third kappa shape index (κ3) is 2.36. The van der Waals surface area contributed by atoms with Gasteiger partial charge in [0.2, 0.25) is 5.91 Å². The summed E-state index contributed by atoms with van der Waals surface area (Å²) in [5.41, 5.74) is 6.89. The lowest BCUT2D eigenvalue weighted by Gasteiger charge is -2.53. The quantitative estimate of drug-likeness (QED) is 0.891. The van der Waals surface area contributed by atoms with Gasteiger partial charge in [-0.1, -0.05) is 18.6 Å². The molecule has 1 amide bonds. The van der Waals surface area contributed by atoms with Crippen molar-refractivity contribution < 1.29 is 9.53 Å². The molecule has 21 heavy (non-hydrogen) atoms. The number of carbonyl (C=O) groups excluding carboxylic acids is 1. The number of nitrogens with one attached hydrogen (secondary N) is 1. The highest BCUT2D eigenvalue weighted by Crippen LogP contribution is 2.50. The summed E-state index contributed by atoms with van der Waals surface area (Å²) in [4.78, 5) is 11.5. The molecule has 1 heterocycles. The van der Waals surface area contributed by atoms with E-state index >= 15 is 0 Å². The fraction of sp³-hybridized carbons (Fsp3) is 0.588. The maximum atomic E-state index is 11.5. The number of benzene rings is 1. The number of fused-ring (bicyclic) bond motifs is 2. The lowest BCUT2D eigenvalue weighted by Crippen LogP contribution is -2.58. The molecule has 2 fully saturated rings. The Kier molecular flexibility index (Phi) is 4.00. The van der Waals surface area contributed by atoms with E-state index in [2.05, 4.69) is 18.3 Å². The van der Waals surface area contributed by atoms with E-state index in [-0.39, 0.29) is 11.5 Å². The van der Waals surface area contributed by atoms with E-state index in [9.17, 15) is 4.79 Å². The van der Waals surface area contributed by atoms with Crippen molar-refractivity contribution in [3.05, 3.63) is 35.4 Å².